The monoisotopic (exact) mass is 364 g/mol. The summed E-state index contributed by atoms with van der Waals surface area (Å²) in [5.74, 6) is -1.88. The molecule has 1 saturated heterocycles. The molecule has 2 aliphatic heterocycles. The lowest BCUT2D eigenvalue weighted by Gasteiger charge is -2.28. The number of halogens is 1. The highest BCUT2D eigenvalue weighted by molar-refractivity contribution is 6.31. The highest BCUT2D eigenvalue weighted by Gasteiger charge is 2.47. The second-order valence-electron chi connectivity index (χ2n) is 6.60. The van der Waals surface area contributed by atoms with E-state index in [0.29, 0.717) is 18.2 Å². The van der Waals surface area contributed by atoms with Crippen LogP contribution in [0.15, 0.2) is 18.2 Å². The lowest BCUT2D eigenvalue weighted by atomic mass is 10.1. The van der Waals surface area contributed by atoms with Crippen molar-refractivity contribution in [3.63, 3.8) is 0 Å². The Balaban J connectivity index is 1.85. The predicted molar refractivity (Wildman–Crippen MR) is 93.6 cm³/mol. The molecular weight excluding hydrogens is 344 g/mol. The van der Waals surface area contributed by atoms with Crippen molar-refractivity contribution in [2.75, 3.05) is 33.9 Å². The van der Waals surface area contributed by atoms with Crippen molar-refractivity contribution in [2.45, 2.75) is 25.3 Å². The van der Waals surface area contributed by atoms with Gasteiger partial charge in [0.15, 0.2) is 0 Å². The Kier molecular flexibility index (Phi) is 4.24. The van der Waals surface area contributed by atoms with Crippen LogP contribution in [0.4, 0.5) is 0 Å². The quantitative estimate of drug-likeness (QED) is 0.781. The SMILES string of the molecule is COC(=O)C1(Cn2c3c(c4cc(Cl)ccc42)CN(C)CC3)OCCO1. The molecule has 0 aliphatic carbocycles. The van der Waals surface area contributed by atoms with E-state index in [2.05, 4.69) is 16.5 Å². The van der Waals surface area contributed by atoms with Crippen molar-refractivity contribution in [3.05, 3.63) is 34.5 Å². The number of aromatic nitrogens is 1. The molecule has 1 aromatic carbocycles. The zero-order valence-electron chi connectivity index (χ0n) is 14.4. The third kappa shape index (κ3) is 2.73. The molecule has 0 bridgehead atoms. The van der Waals surface area contributed by atoms with Gasteiger partial charge in [0.25, 0.3) is 5.79 Å². The van der Waals surface area contributed by atoms with Gasteiger partial charge in [-0.05, 0) is 30.8 Å². The molecule has 3 heterocycles. The van der Waals surface area contributed by atoms with Crippen molar-refractivity contribution in [1.82, 2.24) is 9.47 Å². The number of carbonyl (C=O) groups is 1. The lowest BCUT2D eigenvalue weighted by molar-refractivity contribution is -0.208. The number of hydrogen-bond acceptors (Lipinski definition) is 5. The summed E-state index contributed by atoms with van der Waals surface area (Å²) in [6, 6.07) is 5.86. The van der Waals surface area contributed by atoms with Crippen molar-refractivity contribution in [3.8, 4) is 0 Å². The number of nitrogens with zero attached hydrogens (tertiary/aromatic N) is 2. The molecule has 2 aromatic rings. The molecule has 6 nitrogen and oxygen atoms in total. The van der Waals surface area contributed by atoms with Crippen LogP contribution in [0.25, 0.3) is 10.9 Å². The number of carbonyl (C=O) groups excluding carboxylic acids is 1. The van der Waals surface area contributed by atoms with Crippen molar-refractivity contribution >= 4 is 28.5 Å². The molecule has 25 heavy (non-hydrogen) atoms. The van der Waals surface area contributed by atoms with Gasteiger partial charge in [-0.25, -0.2) is 4.79 Å². The van der Waals surface area contributed by atoms with Gasteiger partial charge in [0.1, 0.15) is 0 Å². The molecule has 0 saturated carbocycles. The molecule has 0 unspecified atom stereocenters. The Morgan fingerprint density at radius 1 is 1.36 bits per heavy atom. The number of rotatable bonds is 3. The van der Waals surface area contributed by atoms with Crippen LogP contribution in [0, 0.1) is 0 Å². The number of hydrogen-bond donors (Lipinski definition) is 0. The number of benzene rings is 1. The van der Waals surface area contributed by atoms with E-state index in [1.165, 1.54) is 18.4 Å². The van der Waals surface area contributed by atoms with Crippen LogP contribution in [-0.4, -0.2) is 55.1 Å². The fourth-order valence-electron chi connectivity index (χ4n) is 3.83. The summed E-state index contributed by atoms with van der Waals surface area (Å²) in [6.45, 7) is 2.85. The van der Waals surface area contributed by atoms with E-state index in [0.717, 1.165) is 30.4 Å². The Bertz CT molecular complexity index is 826. The Hall–Kier alpha value is -1.60. The standard InChI is InChI=1S/C18H21ClN2O4/c1-20-6-5-16-14(10-20)13-9-12(19)3-4-15(13)21(16)11-18(17(22)23-2)24-7-8-25-18/h3-4,9H,5-8,10-11H2,1-2H3. The molecule has 0 spiro atoms. The summed E-state index contributed by atoms with van der Waals surface area (Å²) >= 11 is 6.23. The molecule has 1 aromatic heterocycles. The molecule has 4 rings (SSSR count). The summed E-state index contributed by atoms with van der Waals surface area (Å²) in [6.07, 6.45) is 0.898. The van der Waals surface area contributed by atoms with Crippen LogP contribution in [0.3, 0.4) is 0 Å². The molecule has 0 radical (unpaired) electrons. The first-order chi connectivity index (χ1) is 12.0. The number of esters is 1. The van der Waals surface area contributed by atoms with Gasteiger partial charge in [0.05, 0.1) is 26.9 Å². The van der Waals surface area contributed by atoms with Gasteiger partial charge in [-0.1, -0.05) is 11.6 Å². The smallest absolute Gasteiger partial charge is 0.368 e. The second kappa shape index (κ2) is 6.29. The summed E-state index contributed by atoms with van der Waals surface area (Å²) in [5, 5.41) is 1.82. The third-order valence-electron chi connectivity index (χ3n) is 5.02. The maximum atomic E-state index is 12.4. The summed E-state index contributed by atoms with van der Waals surface area (Å²) < 4.78 is 18.5. The van der Waals surface area contributed by atoms with Crippen molar-refractivity contribution < 1.29 is 19.0 Å². The fourth-order valence-corrected chi connectivity index (χ4v) is 4.00. The Labute approximate surface area is 151 Å². The van der Waals surface area contributed by atoms with Crippen molar-refractivity contribution in [2.24, 2.45) is 0 Å². The molecule has 1 fully saturated rings. The zero-order valence-corrected chi connectivity index (χ0v) is 15.1. The van der Waals surface area contributed by atoms with Crippen LogP contribution in [0.1, 0.15) is 11.3 Å². The van der Waals surface area contributed by atoms with E-state index in [9.17, 15) is 4.79 Å². The highest BCUT2D eigenvalue weighted by Crippen LogP contribution is 2.35. The number of methoxy groups -OCH3 is 1. The highest BCUT2D eigenvalue weighted by atomic mass is 35.5. The third-order valence-corrected chi connectivity index (χ3v) is 5.26. The van der Waals surface area contributed by atoms with Gasteiger partial charge < -0.3 is 23.7 Å². The van der Waals surface area contributed by atoms with E-state index in [4.69, 9.17) is 25.8 Å². The first-order valence-electron chi connectivity index (χ1n) is 8.38. The van der Waals surface area contributed by atoms with Crippen LogP contribution in [0.2, 0.25) is 5.02 Å². The maximum absolute atomic E-state index is 12.4. The first-order valence-corrected chi connectivity index (χ1v) is 8.76. The average molecular weight is 365 g/mol. The number of fused-ring (bicyclic) bond motifs is 3. The molecule has 0 N–H and O–H groups in total. The lowest BCUT2D eigenvalue weighted by Crippen LogP contribution is -2.45. The number of ether oxygens (including phenoxy) is 3. The Morgan fingerprint density at radius 3 is 2.84 bits per heavy atom. The maximum Gasteiger partial charge on any atom is 0.368 e. The van der Waals surface area contributed by atoms with E-state index >= 15 is 0 Å². The topological polar surface area (TPSA) is 52.9 Å². The molecule has 0 atom stereocenters. The minimum atomic E-state index is -1.38. The van der Waals surface area contributed by atoms with Gasteiger partial charge in [-0.15, -0.1) is 0 Å². The van der Waals surface area contributed by atoms with Gasteiger partial charge in [0, 0.05) is 41.1 Å². The summed E-state index contributed by atoms with van der Waals surface area (Å²) in [4.78, 5) is 14.6. The molecule has 134 valence electrons. The van der Waals surface area contributed by atoms with Gasteiger partial charge in [-0.2, -0.15) is 0 Å². The molecule has 0 amide bonds. The first kappa shape index (κ1) is 16.8. The minimum Gasteiger partial charge on any atom is -0.465 e. The minimum absolute atomic E-state index is 0.275. The van der Waals surface area contributed by atoms with E-state index < -0.39 is 11.8 Å². The van der Waals surface area contributed by atoms with Crippen LogP contribution >= 0.6 is 11.6 Å². The fraction of sp³-hybridized carbons (Fsp3) is 0.500. The van der Waals surface area contributed by atoms with Gasteiger partial charge >= 0.3 is 5.97 Å². The number of likely N-dealkylation sites (N-methyl/N-ethyl adjacent to an activating group) is 1. The predicted octanol–water partition coefficient (Wildman–Crippen LogP) is 2.20. The van der Waals surface area contributed by atoms with Crippen LogP contribution in [0.5, 0.6) is 0 Å². The van der Waals surface area contributed by atoms with E-state index in [1.54, 1.807) is 0 Å². The normalized spacial score (nSPS) is 20.0. The largest absolute Gasteiger partial charge is 0.465 e. The van der Waals surface area contributed by atoms with E-state index in [1.807, 2.05) is 18.2 Å². The molecular formula is C18H21ClN2O4. The summed E-state index contributed by atoms with van der Waals surface area (Å²) in [7, 11) is 3.46. The van der Waals surface area contributed by atoms with Gasteiger partial charge in [0.2, 0.25) is 0 Å². The van der Waals surface area contributed by atoms with E-state index in [-0.39, 0.29) is 6.54 Å². The molecule has 2 aliphatic rings. The van der Waals surface area contributed by atoms with Crippen molar-refractivity contribution in [1.29, 1.82) is 0 Å². The van der Waals surface area contributed by atoms with Gasteiger partial charge in [-0.3, -0.25) is 0 Å². The Morgan fingerprint density at radius 2 is 2.12 bits per heavy atom. The molecule has 7 heteroatoms. The van der Waals surface area contributed by atoms with Crippen LogP contribution in [-0.2, 0) is 38.5 Å². The van der Waals surface area contributed by atoms with Crippen LogP contribution < -0.4 is 0 Å². The zero-order chi connectivity index (χ0) is 17.6. The summed E-state index contributed by atoms with van der Waals surface area (Å²) in [5.41, 5.74) is 3.49. The second-order valence-corrected chi connectivity index (χ2v) is 7.04. The average Bonchev–Trinajstić information content (AvgIpc) is 3.19.